The van der Waals surface area contributed by atoms with Crippen molar-refractivity contribution < 1.29 is 13.2 Å². The van der Waals surface area contributed by atoms with Gasteiger partial charge in [0.1, 0.15) is 4.21 Å². The Morgan fingerprint density at radius 2 is 1.93 bits per heavy atom. The zero-order valence-corrected chi connectivity index (χ0v) is 19.8. The molecular weight excluding hydrogens is 462 g/mol. The molecule has 1 aromatic carbocycles. The summed E-state index contributed by atoms with van der Waals surface area (Å²) in [5.74, 6) is 0.0141. The molecule has 1 N–H and O–H groups in total. The highest BCUT2D eigenvalue weighted by molar-refractivity contribution is 7.91. The lowest BCUT2D eigenvalue weighted by atomic mass is 9.97. The Labute approximate surface area is 188 Å². The average Bonchev–Trinajstić information content (AvgIpc) is 3.33. The number of piperidine rings is 1. The van der Waals surface area contributed by atoms with E-state index < -0.39 is 10.0 Å². The maximum Gasteiger partial charge on any atom is 0.252 e. The van der Waals surface area contributed by atoms with Gasteiger partial charge in [-0.2, -0.15) is 4.31 Å². The summed E-state index contributed by atoms with van der Waals surface area (Å²) in [5, 5.41) is 3.53. The first kappa shape index (κ1) is 21.7. The number of halogens is 1. The molecule has 0 saturated carbocycles. The third kappa shape index (κ3) is 4.27. The van der Waals surface area contributed by atoms with Gasteiger partial charge < -0.3 is 5.32 Å². The van der Waals surface area contributed by atoms with E-state index in [0.29, 0.717) is 41.3 Å². The molecule has 0 spiro atoms. The fourth-order valence-electron chi connectivity index (χ4n) is 3.62. The minimum Gasteiger partial charge on any atom is -0.302 e. The Morgan fingerprint density at radius 1 is 1.20 bits per heavy atom. The molecule has 1 fully saturated rings. The number of thiazole rings is 1. The highest BCUT2D eigenvalue weighted by Crippen LogP contribution is 2.33. The lowest BCUT2D eigenvalue weighted by Gasteiger charge is -2.29. The largest absolute Gasteiger partial charge is 0.302 e. The normalized spacial score (nSPS) is 16.4. The van der Waals surface area contributed by atoms with Crippen molar-refractivity contribution in [1.29, 1.82) is 0 Å². The van der Waals surface area contributed by atoms with E-state index in [0.717, 1.165) is 27.1 Å². The second kappa shape index (κ2) is 8.55. The third-order valence-corrected chi connectivity index (χ3v) is 9.80. The standard InChI is InChI=1S/C20H22ClN3O3S3/c1-12(2)14-4-3-5-15-18(14)22-20(28-15)23-19(25)13-8-10-24(11-9-13)30(26,27)17-7-6-16(21)29-17/h3-7,12-13H,8-11H2,1-2H3,(H,22,23,25). The van der Waals surface area contributed by atoms with Crippen LogP contribution in [0.1, 0.15) is 38.2 Å². The maximum absolute atomic E-state index is 12.8. The number of rotatable bonds is 5. The predicted octanol–water partition coefficient (Wildman–Crippen LogP) is 5.17. The molecule has 1 aliphatic heterocycles. The lowest BCUT2D eigenvalue weighted by molar-refractivity contribution is -0.120. The molecule has 0 bridgehead atoms. The molecular formula is C20H22ClN3O3S3. The summed E-state index contributed by atoms with van der Waals surface area (Å²) in [4.78, 5) is 17.4. The van der Waals surface area contributed by atoms with Crippen LogP contribution in [0.2, 0.25) is 4.34 Å². The highest BCUT2D eigenvalue weighted by Gasteiger charge is 2.33. The second-order valence-electron chi connectivity index (χ2n) is 7.59. The van der Waals surface area contributed by atoms with E-state index in [4.69, 9.17) is 11.6 Å². The number of benzene rings is 1. The van der Waals surface area contributed by atoms with E-state index in [1.165, 1.54) is 21.7 Å². The van der Waals surface area contributed by atoms with E-state index >= 15 is 0 Å². The molecule has 160 valence electrons. The van der Waals surface area contributed by atoms with Gasteiger partial charge in [0.25, 0.3) is 10.0 Å². The molecule has 3 aromatic rings. The summed E-state index contributed by atoms with van der Waals surface area (Å²) in [6.07, 6.45) is 0.957. The van der Waals surface area contributed by atoms with Crippen molar-refractivity contribution in [3.05, 3.63) is 40.2 Å². The number of sulfonamides is 1. The van der Waals surface area contributed by atoms with Crippen LogP contribution in [0.3, 0.4) is 0 Å². The van der Waals surface area contributed by atoms with Crippen LogP contribution in [-0.2, 0) is 14.8 Å². The summed E-state index contributed by atoms with van der Waals surface area (Å²) in [5.41, 5.74) is 2.10. The molecule has 4 rings (SSSR count). The number of amides is 1. The first-order valence-electron chi connectivity index (χ1n) is 9.71. The van der Waals surface area contributed by atoms with Gasteiger partial charge in [-0.25, -0.2) is 13.4 Å². The Morgan fingerprint density at radius 3 is 2.57 bits per heavy atom. The number of thiophene rings is 1. The fourth-order valence-corrected chi connectivity index (χ4v) is 7.63. The van der Waals surface area contributed by atoms with Crippen molar-refractivity contribution in [3.8, 4) is 0 Å². The quantitative estimate of drug-likeness (QED) is 0.542. The summed E-state index contributed by atoms with van der Waals surface area (Å²) >= 11 is 8.40. The average molecular weight is 484 g/mol. The van der Waals surface area contributed by atoms with Gasteiger partial charge >= 0.3 is 0 Å². The van der Waals surface area contributed by atoms with Crippen molar-refractivity contribution in [1.82, 2.24) is 9.29 Å². The van der Waals surface area contributed by atoms with Gasteiger partial charge in [0, 0.05) is 19.0 Å². The minimum absolute atomic E-state index is 0.101. The molecule has 0 radical (unpaired) electrons. The summed E-state index contributed by atoms with van der Waals surface area (Å²) in [7, 11) is -3.55. The summed E-state index contributed by atoms with van der Waals surface area (Å²) in [6, 6.07) is 9.20. The zero-order chi connectivity index (χ0) is 21.5. The molecule has 0 atom stereocenters. The Hall–Kier alpha value is -1.52. The Balaban J connectivity index is 1.41. The van der Waals surface area contributed by atoms with Crippen LogP contribution in [-0.4, -0.2) is 36.7 Å². The second-order valence-corrected chi connectivity index (χ2v) is 12.5. The van der Waals surface area contributed by atoms with Crippen molar-refractivity contribution in [3.63, 3.8) is 0 Å². The summed E-state index contributed by atoms with van der Waals surface area (Å²) in [6.45, 7) is 4.87. The lowest BCUT2D eigenvalue weighted by Crippen LogP contribution is -2.41. The first-order chi connectivity index (χ1) is 14.3. The number of para-hydroxylation sites is 1. The SMILES string of the molecule is CC(C)c1cccc2sc(NC(=O)C3CCN(S(=O)(=O)c4ccc(Cl)s4)CC3)nc12. The van der Waals surface area contributed by atoms with Crippen molar-refractivity contribution >= 4 is 65.6 Å². The van der Waals surface area contributed by atoms with Gasteiger partial charge in [0.2, 0.25) is 5.91 Å². The van der Waals surface area contributed by atoms with Crippen LogP contribution in [0.25, 0.3) is 10.2 Å². The molecule has 1 aliphatic rings. The summed E-state index contributed by atoms with van der Waals surface area (Å²) < 4.78 is 28.6. The van der Waals surface area contributed by atoms with Crippen LogP contribution >= 0.6 is 34.3 Å². The van der Waals surface area contributed by atoms with Gasteiger partial charge in [0.15, 0.2) is 5.13 Å². The number of nitrogens with zero attached hydrogens (tertiary/aromatic N) is 2. The molecule has 2 aromatic heterocycles. The van der Waals surface area contributed by atoms with E-state index in [9.17, 15) is 13.2 Å². The number of fused-ring (bicyclic) bond motifs is 1. The van der Waals surface area contributed by atoms with Gasteiger partial charge in [-0.05, 0) is 42.5 Å². The Bertz CT molecular complexity index is 1180. The van der Waals surface area contributed by atoms with E-state index in [2.05, 4.69) is 30.2 Å². The van der Waals surface area contributed by atoms with Crippen LogP contribution in [0.15, 0.2) is 34.5 Å². The van der Waals surface area contributed by atoms with Crippen molar-refractivity contribution in [2.45, 2.75) is 36.8 Å². The van der Waals surface area contributed by atoms with Gasteiger partial charge in [-0.1, -0.05) is 48.9 Å². The van der Waals surface area contributed by atoms with Crippen LogP contribution in [0.4, 0.5) is 5.13 Å². The van der Waals surface area contributed by atoms with Crippen molar-refractivity contribution in [2.24, 2.45) is 5.92 Å². The molecule has 10 heteroatoms. The van der Waals surface area contributed by atoms with Gasteiger partial charge in [-0.15, -0.1) is 11.3 Å². The number of carbonyl (C=O) groups excluding carboxylic acids is 1. The topological polar surface area (TPSA) is 79.4 Å². The Kier molecular flexibility index (Phi) is 6.18. The maximum atomic E-state index is 12.8. The molecule has 6 nitrogen and oxygen atoms in total. The molecule has 1 amide bonds. The van der Waals surface area contributed by atoms with Crippen LogP contribution < -0.4 is 5.32 Å². The molecule has 30 heavy (non-hydrogen) atoms. The van der Waals surface area contributed by atoms with Crippen molar-refractivity contribution in [2.75, 3.05) is 18.4 Å². The molecule has 0 aliphatic carbocycles. The molecule has 3 heterocycles. The van der Waals surface area contributed by atoms with E-state index in [1.807, 2.05) is 12.1 Å². The number of carbonyl (C=O) groups is 1. The number of anilines is 1. The van der Waals surface area contributed by atoms with Gasteiger partial charge in [0.05, 0.1) is 14.6 Å². The number of aromatic nitrogens is 1. The number of nitrogens with one attached hydrogen (secondary N) is 1. The molecule has 1 saturated heterocycles. The smallest absolute Gasteiger partial charge is 0.252 e. The predicted molar refractivity (Wildman–Crippen MR) is 123 cm³/mol. The first-order valence-corrected chi connectivity index (χ1v) is 13.2. The third-order valence-electron chi connectivity index (χ3n) is 5.27. The van der Waals surface area contributed by atoms with Gasteiger partial charge in [-0.3, -0.25) is 4.79 Å². The van der Waals surface area contributed by atoms with E-state index in [-0.39, 0.29) is 16.0 Å². The fraction of sp³-hybridized carbons (Fsp3) is 0.400. The number of hydrogen-bond donors (Lipinski definition) is 1. The van der Waals surface area contributed by atoms with Crippen LogP contribution in [0, 0.1) is 5.92 Å². The number of hydrogen-bond acceptors (Lipinski definition) is 6. The van der Waals surface area contributed by atoms with E-state index in [1.54, 1.807) is 6.07 Å². The van der Waals surface area contributed by atoms with Crippen LogP contribution in [0.5, 0.6) is 0 Å². The minimum atomic E-state index is -3.55. The zero-order valence-electron chi connectivity index (χ0n) is 16.6. The highest BCUT2D eigenvalue weighted by atomic mass is 35.5. The molecule has 0 unspecified atom stereocenters. The monoisotopic (exact) mass is 483 g/mol.